The first kappa shape index (κ1) is 14.4. The van der Waals surface area contributed by atoms with Gasteiger partial charge in [-0.1, -0.05) is 17.7 Å². The van der Waals surface area contributed by atoms with Crippen LogP contribution in [0, 0.1) is 5.92 Å². The minimum Gasteiger partial charge on any atom is -0.493 e. The van der Waals surface area contributed by atoms with Crippen molar-refractivity contribution >= 4 is 11.6 Å². The average Bonchev–Trinajstić information content (AvgIpc) is 2.47. The smallest absolute Gasteiger partial charge is 0.179 e. The van der Waals surface area contributed by atoms with Crippen molar-refractivity contribution in [2.45, 2.75) is 18.9 Å². The molecule has 1 atom stereocenters. The van der Waals surface area contributed by atoms with Gasteiger partial charge in [0.15, 0.2) is 11.5 Å². The Kier molecular flexibility index (Phi) is 4.91. The summed E-state index contributed by atoms with van der Waals surface area (Å²) in [5.41, 5.74) is 7.31. The molecule has 0 amide bonds. The van der Waals surface area contributed by atoms with E-state index in [1.165, 1.54) is 0 Å². The van der Waals surface area contributed by atoms with Crippen molar-refractivity contribution in [3.8, 4) is 11.5 Å². The molecule has 3 N–H and O–H groups in total. The Labute approximate surface area is 119 Å². The Hall–Kier alpha value is -0.970. The van der Waals surface area contributed by atoms with Crippen molar-refractivity contribution in [3.05, 3.63) is 22.7 Å². The molecule has 1 heterocycles. The zero-order valence-electron chi connectivity index (χ0n) is 11.4. The highest BCUT2D eigenvalue weighted by atomic mass is 35.5. The molecule has 2 rings (SSSR count). The maximum absolute atomic E-state index is 6.41. The number of nitrogens with two attached hydrogens (primary N) is 1. The number of benzene rings is 1. The molecule has 5 heteroatoms. The highest BCUT2D eigenvalue weighted by Crippen LogP contribution is 2.41. The fourth-order valence-corrected chi connectivity index (χ4v) is 2.98. The van der Waals surface area contributed by atoms with Crippen molar-refractivity contribution < 1.29 is 9.47 Å². The quantitative estimate of drug-likeness (QED) is 0.891. The van der Waals surface area contributed by atoms with E-state index >= 15 is 0 Å². The molecule has 1 aliphatic rings. The molecule has 1 fully saturated rings. The third-order valence-electron chi connectivity index (χ3n) is 3.77. The van der Waals surface area contributed by atoms with Crippen LogP contribution in [0.4, 0.5) is 0 Å². The number of ether oxygens (including phenoxy) is 2. The predicted molar refractivity (Wildman–Crippen MR) is 77.1 cm³/mol. The second-order valence-corrected chi connectivity index (χ2v) is 5.20. The molecule has 0 aliphatic carbocycles. The number of piperidine rings is 1. The van der Waals surface area contributed by atoms with Crippen molar-refractivity contribution in [1.82, 2.24) is 5.32 Å². The molecule has 1 aliphatic heterocycles. The van der Waals surface area contributed by atoms with E-state index in [9.17, 15) is 0 Å². The largest absolute Gasteiger partial charge is 0.493 e. The van der Waals surface area contributed by atoms with Gasteiger partial charge in [-0.3, -0.25) is 0 Å². The average molecular weight is 285 g/mol. The number of halogens is 1. The zero-order chi connectivity index (χ0) is 13.8. The van der Waals surface area contributed by atoms with Crippen molar-refractivity contribution in [2.24, 2.45) is 11.7 Å². The molecule has 0 radical (unpaired) electrons. The number of methoxy groups -OCH3 is 2. The van der Waals surface area contributed by atoms with Crippen LogP contribution in [0.1, 0.15) is 24.4 Å². The van der Waals surface area contributed by atoms with Gasteiger partial charge in [-0.25, -0.2) is 0 Å². The van der Waals surface area contributed by atoms with Gasteiger partial charge in [0.25, 0.3) is 0 Å². The van der Waals surface area contributed by atoms with Crippen LogP contribution in [-0.4, -0.2) is 27.3 Å². The van der Waals surface area contributed by atoms with Crippen molar-refractivity contribution in [2.75, 3.05) is 27.3 Å². The Morgan fingerprint density at radius 1 is 1.26 bits per heavy atom. The van der Waals surface area contributed by atoms with Gasteiger partial charge in [-0.2, -0.15) is 0 Å². The summed E-state index contributed by atoms with van der Waals surface area (Å²) in [7, 11) is 3.18. The van der Waals surface area contributed by atoms with E-state index in [1.807, 2.05) is 12.1 Å². The van der Waals surface area contributed by atoms with E-state index in [4.69, 9.17) is 26.8 Å². The van der Waals surface area contributed by atoms with Gasteiger partial charge in [0, 0.05) is 6.04 Å². The molecular weight excluding hydrogens is 264 g/mol. The molecule has 0 unspecified atom stereocenters. The van der Waals surface area contributed by atoms with Gasteiger partial charge in [0.05, 0.1) is 19.2 Å². The maximum atomic E-state index is 6.41. The molecule has 0 bridgehead atoms. The molecule has 1 aromatic carbocycles. The third-order valence-corrected chi connectivity index (χ3v) is 4.16. The molecule has 106 valence electrons. The fraction of sp³-hybridized carbons (Fsp3) is 0.571. The SMILES string of the molecule is COc1ccc([C@H](N)C2CCNCC2)c(Cl)c1OC. The van der Waals surface area contributed by atoms with E-state index < -0.39 is 0 Å². The first-order valence-electron chi connectivity index (χ1n) is 6.55. The molecule has 0 saturated carbocycles. The summed E-state index contributed by atoms with van der Waals surface area (Å²) in [6.45, 7) is 2.03. The van der Waals surface area contributed by atoms with Gasteiger partial charge < -0.3 is 20.5 Å². The summed E-state index contributed by atoms with van der Waals surface area (Å²) in [4.78, 5) is 0. The lowest BCUT2D eigenvalue weighted by Gasteiger charge is -2.29. The molecule has 19 heavy (non-hydrogen) atoms. The first-order chi connectivity index (χ1) is 9.19. The van der Waals surface area contributed by atoms with Crippen LogP contribution < -0.4 is 20.5 Å². The van der Waals surface area contributed by atoms with Crippen LogP contribution in [0.2, 0.25) is 5.02 Å². The van der Waals surface area contributed by atoms with E-state index in [1.54, 1.807) is 14.2 Å². The van der Waals surface area contributed by atoms with Crippen LogP contribution in [0.25, 0.3) is 0 Å². The zero-order valence-corrected chi connectivity index (χ0v) is 12.2. The Bertz CT molecular complexity index is 434. The summed E-state index contributed by atoms with van der Waals surface area (Å²) in [5, 5.41) is 3.91. The third kappa shape index (κ3) is 2.96. The lowest BCUT2D eigenvalue weighted by molar-refractivity contribution is 0.319. The molecular formula is C14H21ClN2O2. The van der Waals surface area contributed by atoms with Crippen LogP contribution >= 0.6 is 11.6 Å². The normalized spacial score (nSPS) is 18.1. The minimum atomic E-state index is -0.0607. The Balaban J connectivity index is 2.28. The van der Waals surface area contributed by atoms with Crippen molar-refractivity contribution in [3.63, 3.8) is 0 Å². The molecule has 0 aromatic heterocycles. The molecule has 4 nitrogen and oxygen atoms in total. The molecule has 1 aromatic rings. The first-order valence-corrected chi connectivity index (χ1v) is 6.93. The van der Waals surface area contributed by atoms with E-state index in [2.05, 4.69) is 5.32 Å². The summed E-state index contributed by atoms with van der Waals surface area (Å²) in [5.74, 6) is 1.65. The van der Waals surface area contributed by atoms with Crippen molar-refractivity contribution in [1.29, 1.82) is 0 Å². The van der Waals surface area contributed by atoms with Crippen LogP contribution in [0.5, 0.6) is 11.5 Å². The number of hydrogen-bond donors (Lipinski definition) is 2. The highest BCUT2D eigenvalue weighted by molar-refractivity contribution is 6.33. The van der Waals surface area contributed by atoms with E-state index in [0.29, 0.717) is 22.4 Å². The van der Waals surface area contributed by atoms with Crippen LogP contribution in [-0.2, 0) is 0 Å². The number of hydrogen-bond acceptors (Lipinski definition) is 4. The van der Waals surface area contributed by atoms with Gasteiger partial charge in [0.2, 0.25) is 0 Å². The Morgan fingerprint density at radius 2 is 1.95 bits per heavy atom. The minimum absolute atomic E-state index is 0.0607. The van der Waals surface area contributed by atoms with Gasteiger partial charge in [0.1, 0.15) is 0 Å². The second-order valence-electron chi connectivity index (χ2n) is 4.82. The second kappa shape index (κ2) is 6.46. The van der Waals surface area contributed by atoms with Crippen LogP contribution in [0.3, 0.4) is 0 Å². The summed E-state index contributed by atoms with van der Waals surface area (Å²) in [6.07, 6.45) is 2.15. The van der Waals surface area contributed by atoms with Gasteiger partial charge >= 0.3 is 0 Å². The fourth-order valence-electron chi connectivity index (χ4n) is 2.62. The lowest BCUT2D eigenvalue weighted by atomic mass is 9.86. The summed E-state index contributed by atoms with van der Waals surface area (Å²) < 4.78 is 10.6. The van der Waals surface area contributed by atoms with E-state index in [-0.39, 0.29) is 6.04 Å². The summed E-state index contributed by atoms with van der Waals surface area (Å²) in [6, 6.07) is 3.74. The number of rotatable bonds is 4. The van der Waals surface area contributed by atoms with Crippen LogP contribution in [0.15, 0.2) is 12.1 Å². The van der Waals surface area contributed by atoms with Gasteiger partial charge in [-0.15, -0.1) is 0 Å². The van der Waals surface area contributed by atoms with Gasteiger partial charge in [-0.05, 0) is 43.5 Å². The predicted octanol–water partition coefficient (Wildman–Crippen LogP) is 2.36. The Morgan fingerprint density at radius 3 is 2.53 bits per heavy atom. The highest BCUT2D eigenvalue weighted by Gasteiger charge is 2.25. The lowest BCUT2D eigenvalue weighted by Crippen LogP contribution is -2.33. The topological polar surface area (TPSA) is 56.5 Å². The molecule has 0 spiro atoms. The molecule has 1 saturated heterocycles. The van der Waals surface area contributed by atoms with E-state index in [0.717, 1.165) is 31.5 Å². The maximum Gasteiger partial charge on any atom is 0.179 e. The standard InChI is InChI=1S/C14H21ClN2O2/c1-18-11-4-3-10(12(15)14(11)19-2)13(16)9-5-7-17-8-6-9/h3-4,9,13,17H,5-8,16H2,1-2H3/t13-/m1/s1. The monoisotopic (exact) mass is 284 g/mol. The number of nitrogens with one attached hydrogen (secondary N) is 1. The summed E-state index contributed by atoms with van der Waals surface area (Å²) >= 11 is 6.41.